The minimum Gasteiger partial charge on any atom is -0.277 e. The lowest BCUT2D eigenvalue weighted by Crippen LogP contribution is -2.36. The predicted molar refractivity (Wildman–Crippen MR) is 157 cm³/mol. The molecule has 0 aliphatic carbocycles. The third-order valence-electron chi connectivity index (χ3n) is 7.16. The monoisotopic (exact) mass is 595 g/mol. The lowest BCUT2D eigenvalue weighted by molar-refractivity contribution is -0.385. The van der Waals surface area contributed by atoms with Crippen molar-refractivity contribution in [3.8, 4) is 0 Å². The Labute approximate surface area is 250 Å². The molecule has 6 amide bonds. The average molecular weight is 596 g/mol. The van der Waals surface area contributed by atoms with E-state index in [0.717, 1.165) is 25.5 Å². The largest absolute Gasteiger partial charge is 0.282 e. The van der Waals surface area contributed by atoms with Crippen molar-refractivity contribution in [2.24, 2.45) is 0 Å². The highest BCUT2D eigenvalue weighted by Crippen LogP contribution is 2.30. The minimum absolute atomic E-state index is 0. The highest BCUT2D eigenvalue weighted by atomic mass is 16.6. The second-order valence-corrected chi connectivity index (χ2v) is 9.60. The van der Waals surface area contributed by atoms with E-state index < -0.39 is 16.7 Å². The quantitative estimate of drug-likeness (QED) is 0.180. The topological polar surface area (TPSA) is 168 Å². The fourth-order valence-corrected chi connectivity index (χ4v) is 4.89. The molecule has 3 aliphatic rings. The Morgan fingerprint density at radius 2 is 1.05 bits per heavy atom. The Morgan fingerprint density at radius 1 is 0.591 bits per heavy atom. The molecule has 222 valence electrons. The summed E-state index contributed by atoms with van der Waals surface area (Å²) in [6.45, 7) is 0. The van der Waals surface area contributed by atoms with Crippen LogP contribution in [0.1, 0.15) is 69.6 Å². The Morgan fingerprint density at radius 3 is 1.59 bits per heavy atom. The van der Waals surface area contributed by atoms with Gasteiger partial charge in [0.2, 0.25) is 0 Å². The number of hydrogen-bond donors (Lipinski definition) is 0. The molecule has 3 aromatic carbocycles. The van der Waals surface area contributed by atoms with E-state index in [1.54, 1.807) is 18.2 Å². The van der Waals surface area contributed by atoms with E-state index in [2.05, 4.69) is 4.98 Å². The van der Waals surface area contributed by atoms with Gasteiger partial charge in [0.1, 0.15) is 5.56 Å². The van der Waals surface area contributed by atoms with Crippen molar-refractivity contribution in [3.05, 3.63) is 117 Å². The summed E-state index contributed by atoms with van der Waals surface area (Å²) in [5.74, 6) is -2.11. The van der Waals surface area contributed by atoms with Crippen molar-refractivity contribution in [2.75, 3.05) is 21.1 Å². The van der Waals surface area contributed by atoms with Gasteiger partial charge in [-0.15, -0.1) is 0 Å². The van der Waals surface area contributed by atoms with E-state index >= 15 is 0 Å². The molecule has 1 aromatic heterocycles. The van der Waals surface area contributed by atoms with Crippen LogP contribution in [-0.4, -0.2) is 81.2 Å². The summed E-state index contributed by atoms with van der Waals surface area (Å²) in [6, 6.07) is 16.6. The molecule has 13 heteroatoms. The number of fused-ring (bicyclic) bond motifs is 2. The summed E-state index contributed by atoms with van der Waals surface area (Å²) in [7, 11) is 4.28. The van der Waals surface area contributed by atoms with E-state index in [1.165, 1.54) is 51.7 Å². The lowest BCUT2D eigenvalue weighted by Gasteiger charge is -2.23. The lowest BCUT2D eigenvalue weighted by atomic mass is 9.94. The van der Waals surface area contributed by atoms with Gasteiger partial charge < -0.3 is 0 Å². The highest BCUT2D eigenvalue weighted by molar-refractivity contribution is 6.25. The Balaban J connectivity index is 0.000000150. The zero-order valence-corrected chi connectivity index (χ0v) is 22.9. The zero-order chi connectivity index (χ0) is 31.2. The second-order valence-electron chi connectivity index (χ2n) is 9.60. The Kier molecular flexibility index (Phi) is 8.16. The fraction of sp³-hybridized carbons (Fsp3) is 0.129. The molecule has 7 rings (SSSR count). The molecule has 3 aliphatic heterocycles. The molecule has 0 saturated carbocycles. The van der Waals surface area contributed by atoms with E-state index in [9.17, 15) is 38.9 Å². The molecule has 0 fully saturated rings. The van der Waals surface area contributed by atoms with Crippen LogP contribution in [0.3, 0.4) is 0 Å². The van der Waals surface area contributed by atoms with Crippen LogP contribution in [0.5, 0.6) is 0 Å². The van der Waals surface area contributed by atoms with Gasteiger partial charge in [-0.2, -0.15) is 0 Å². The van der Waals surface area contributed by atoms with Gasteiger partial charge in [0.15, 0.2) is 0 Å². The van der Waals surface area contributed by atoms with Crippen LogP contribution >= 0.6 is 0 Å². The van der Waals surface area contributed by atoms with Crippen LogP contribution < -0.4 is 0 Å². The normalized spacial score (nSPS) is 14.4. The fourth-order valence-electron chi connectivity index (χ4n) is 4.89. The van der Waals surface area contributed by atoms with E-state index in [1.807, 2.05) is 24.3 Å². The Hall–Kier alpha value is -6.11. The zero-order valence-electron chi connectivity index (χ0n) is 22.9. The first-order valence-electron chi connectivity index (χ1n) is 12.7. The standard InChI is InChI=1S/C13H9NO2.C9H6N2O4.C8H6N2O2.CH4/c1-14-12(15)9-6-2-4-8-5-3-7-10(11(8)9)13(14)16;1-10-8(12)5-3-2-4-6(11(14)15)7(5)9(10)13;1-10-7(11)5-2-3-9-4-6(5)8(10)12;/h2-7H,1H3;2-4H,1H3;2-4H,1H3;1H4. The number of benzene rings is 3. The molecule has 0 saturated heterocycles. The van der Waals surface area contributed by atoms with E-state index in [0.29, 0.717) is 22.3 Å². The minimum atomic E-state index is -0.664. The number of nitro benzene ring substituents is 1. The molecular weight excluding hydrogens is 570 g/mol. The molecule has 4 aromatic rings. The SMILES string of the molecule is C.CN1C(=O)c2cccc([N+](=O)[O-])c2C1=O.CN1C(=O)c2cccc3cccc(c23)C1=O.CN1C(=O)c2ccncc2C1=O. The number of pyridine rings is 1. The van der Waals surface area contributed by atoms with Crippen molar-refractivity contribution >= 4 is 51.9 Å². The van der Waals surface area contributed by atoms with Crippen molar-refractivity contribution in [1.82, 2.24) is 19.7 Å². The van der Waals surface area contributed by atoms with Gasteiger partial charge in [0.25, 0.3) is 41.1 Å². The molecule has 44 heavy (non-hydrogen) atoms. The first-order chi connectivity index (χ1) is 20.5. The third kappa shape index (κ3) is 4.85. The van der Waals surface area contributed by atoms with Gasteiger partial charge in [-0.3, -0.25) is 58.6 Å². The maximum Gasteiger partial charge on any atom is 0.282 e. The summed E-state index contributed by atoms with van der Waals surface area (Å²) in [5.41, 5.74) is 1.70. The number of rotatable bonds is 1. The van der Waals surface area contributed by atoms with E-state index in [-0.39, 0.29) is 47.9 Å². The van der Waals surface area contributed by atoms with Crippen molar-refractivity contribution in [1.29, 1.82) is 0 Å². The maximum absolute atomic E-state index is 11.9. The highest BCUT2D eigenvalue weighted by Gasteiger charge is 2.38. The van der Waals surface area contributed by atoms with Crippen LogP contribution in [0.25, 0.3) is 10.8 Å². The average Bonchev–Trinajstić information content (AvgIpc) is 3.38. The van der Waals surface area contributed by atoms with Crippen molar-refractivity contribution in [2.45, 2.75) is 7.43 Å². The Bertz CT molecular complexity index is 1850. The first-order valence-corrected chi connectivity index (χ1v) is 12.7. The smallest absolute Gasteiger partial charge is 0.277 e. The van der Waals surface area contributed by atoms with Crippen LogP contribution in [-0.2, 0) is 0 Å². The number of nitro groups is 1. The van der Waals surface area contributed by atoms with E-state index in [4.69, 9.17) is 0 Å². The van der Waals surface area contributed by atoms with Gasteiger partial charge >= 0.3 is 0 Å². The summed E-state index contributed by atoms with van der Waals surface area (Å²) >= 11 is 0. The summed E-state index contributed by atoms with van der Waals surface area (Å²) in [6.07, 6.45) is 2.92. The van der Waals surface area contributed by atoms with Crippen LogP contribution in [0.15, 0.2) is 73.1 Å². The van der Waals surface area contributed by atoms with Gasteiger partial charge in [0.05, 0.1) is 21.6 Å². The molecule has 0 spiro atoms. The molecule has 0 radical (unpaired) electrons. The molecule has 13 nitrogen and oxygen atoms in total. The number of carbonyl (C=O) groups excluding carboxylic acids is 6. The molecule has 0 atom stereocenters. The predicted octanol–water partition coefficient (Wildman–Crippen LogP) is 3.83. The number of amides is 6. The first kappa shape index (κ1) is 30.8. The molecular formula is C31H25N5O8. The maximum atomic E-state index is 11.9. The number of nitrogens with zero attached hydrogens (tertiary/aromatic N) is 5. The van der Waals surface area contributed by atoms with Crippen molar-refractivity contribution < 1.29 is 33.7 Å². The number of imide groups is 3. The van der Waals surface area contributed by atoms with Gasteiger partial charge in [0, 0.05) is 56.1 Å². The molecule has 0 unspecified atom stereocenters. The molecule has 0 N–H and O–H groups in total. The summed E-state index contributed by atoms with van der Waals surface area (Å²) in [4.78, 5) is 86.3. The van der Waals surface area contributed by atoms with Gasteiger partial charge in [-0.25, -0.2) is 0 Å². The van der Waals surface area contributed by atoms with Crippen LogP contribution in [0.4, 0.5) is 5.69 Å². The second kappa shape index (κ2) is 11.6. The third-order valence-corrected chi connectivity index (χ3v) is 7.16. The molecule has 0 bridgehead atoms. The van der Waals surface area contributed by atoms with Crippen LogP contribution in [0.2, 0.25) is 0 Å². The van der Waals surface area contributed by atoms with Crippen LogP contribution in [0, 0.1) is 10.1 Å². The number of hydrogen-bond acceptors (Lipinski definition) is 9. The molecule has 4 heterocycles. The summed E-state index contributed by atoms with van der Waals surface area (Å²) < 4.78 is 0. The number of carbonyl (C=O) groups is 6. The number of aromatic nitrogens is 1. The van der Waals surface area contributed by atoms with Crippen molar-refractivity contribution in [3.63, 3.8) is 0 Å². The summed E-state index contributed by atoms with van der Waals surface area (Å²) in [5, 5.41) is 12.4. The van der Waals surface area contributed by atoms with Gasteiger partial charge in [-0.1, -0.05) is 37.8 Å². The van der Waals surface area contributed by atoms with Gasteiger partial charge in [-0.05, 0) is 29.7 Å².